The van der Waals surface area contributed by atoms with Gasteiger partial charge < -0.3 is 25.0 Å². The average molecular weight is 636 g/mol. The summed E-state index contributed by atoms with van der Waals surface area (Å²) in [6.45, 7) is 17.8. The average Bonchev–Trinajstić information content (AvgIpc) is 3.16. The maximum absolute atomic E-state index is 15.9. The summed E-state index contributed by atoms with van der Waals surface area (Å²) >= 11 is 0. The largest absolute Gasteiger partial charge is 0.462 e. The van der Waals surface area contributed by atoms with Crippen LogP contribution in [0, 0.1) is 56.7 Å². The first kappa shape index (κ1) is 32.7. The molecule has 6 nitrogen and oxygen atoms in total. The monoisotopic (exact) mass is 635 g/mol. The van der Waals surface area contributed by atoms with Gasteiger partial charge >= 0.3 is 5.97 Å². The number of halogens is 2. The van der Waals surface area contributed by atoms with Gasteiger partial charge in [0.25, 0.3) is 5.92 Å². The van der Waals surface area contributed by atoms with Crippen LogP contribution in [0.2, 0.25) is 0 Å². The molecule has 2 saturated heterocycles. The fourth-order valence-electron chi connectivity index (χ4n) is 14.2. The second-order valence-corrected chi connectivity index (χ2v) is 18.7. The van der Waals surface area contributed by atoms with Gasteiger partial charge in [0, 0.05) is 23.7 Å². The van der Waals surface area contributed by atoms with Gasteiger partial charge in [0.15, 0.2) is 0 Å². The minimum absolute atomic E-state index is 0.0982. The van der Waals surface area contributed by atoms with Crippen LogP contribution < -0.4 is 5.32 Å². The van der Waals surface area contributed by atoms with Crippen molar-refractivity contribution in [1.29, 1.82) is 0 Å². The normalized spacial score (nSPS) is 53.6. The molecule has 2 aliphatic heterocycles. The lowest BCUT2D eigenvalue weighted by Crippen LogP contribution is -2.64. The molecule has 8 heteroatoms. The van der Waals surface area contributed by atoms with Crippen LogP contribution in [-0.4, -0.2) is 64.7 Å². The van der Waals surface area contributed by atoms with Crippen molar-refractivity contribution in [1.82, 2.24) is 5.32 Å². The Morgan fingerprint density at radius 2 is 1.56 bits per heavy atom. The number of hydrogen-bond acceptors (Lipinski definition) is 6. The van der Waals surface area contributed by atoms with Crippen molar-refractivity contribution in [3.63, 3.8) is 0 Å². The second kappa shape index (κ2) is 9.65. The highest BCUT2D eigenvalue weighted by atomic mass is 19.3. The molecule has 5 aliphatic carbocycles. The Hall–Kier alpha value is -0.830. The van der Waals surface area contributed by atoms with E-state index in [0.717, 1.165) is 51.6 Å². The SMILES string of the molecule is C[C@@H]1C23CCC(F)(F)C(C)(C)[C@@H]2[C@@H](OC(=O)C2CCNCC2)C[C@@H]2[C@]13CC[C@]1(C)[C@@H]([C@]3(C)CCC(C(C)(C)O)O3)[C@@H](O)C[C@@]21C. The van der Waals surface area contributed by atoms with E-state index in [4.69, 9.17) is 9.47 Å². The standard InChI is InChI=1S/C37H59F2NO5/c1-21-35-14-13-32(6)27(34(8)12-9-26(45-34)31(4,5)43)23(41)20-33(32,7)25(35)19-24(44-29(42)22-10-17-40-18-11-22)28-30(2,3)37(38,39)16-15-36(21,28)35/h21-28,40-41,43H,9-20H2,1-8H3/t21-,23-,24-,25-,26?,27-,28-,32+,33-,34-,35-,36?/m0/s1. The molecule has 7 fully saturated rings. The summed E-state index contributed by atoms with van der Waals surface area (Å²) in [6, 6.07) is 0. The molecule has 45 heavy (non-hydrogen) atoms. The van der Waals surface area contributed by atoms with Gasteiger partial charge in [0.2, 0.25) is 0 Å². The molecule has 5 saturated carbocycles. The molecule has 2 unspecified atom stereocenters. The van der Waals surface area contributed by atoms with Gasteiger partial charge in [-0.2, -0.15) is 0 Å². The first-order chi connectivity index (χ1) is 20.7. The second-order valence-electron chi connectivity index (χ2n) is 18.7. The number of nitrogens with one attached hydrogen (secondary N) is 1. The maximum Gasteiger partial charge on any atom is 0.309 e. The lowest BCUT2D eigenvalue weighted by atomic mass is 9.41. The van der Waals surface area contributed by atoms with Gasteiger partial charge in [-0.15, -0.1) is 0 Å². The number of fused-ring (bicyclic) bond motifs is 2. The van der Waals surface area contributed by atoms with Crippen LogP contribution in [0.25, 0.3) is 0 Å². The minimum atomic E-state index is -2.83. The van der Waals surface area contributed by atoms with Gasteiger partial charge in [0.1, 0.15) is 6.10 Å². The van der Waals surface area contributed by atoms with Crippen LogP contribution in [0.1, 0.15) is 120 Å². The lowest BCUT2D eigenvalue weighted by molar-refractivity contribution is -0.253. The third kappa shape index (κ3) is 3.95. The van der Waals surface area contributed by atoms with Crippen molar-refractivity contribution in [2.75, 3.05) is 13.1 Å². The number of ether oxygens (including phenoxy) is 2. The molecular weight excluding hydrogens is 576 g/mol. The van der Waals surface area contributed by atoms with E-state index in [1.807, 2.05) is 0 Å². The molecule has 7 rings (SSSR count). The number of aliphatic hydroxyl groups excluding tert-OH is 1. The molecule has 2 heterocycles. The molecule has 0 aromatic rings. The van der Waals surface area contributed by atoms with Gasteiger partial charge in [-0.3, -0.25) is 4.79 Å². The summed E-state index contributed by atoms with van der Waals surface area (Å²) in [5.41, 5.74) is -3.74. The van der Waals surface area contributed by atoms with Crippen molar-refractivity contribution in [2.24, 2.45) is 56.7 Å². The Morgan fingerprint density at radius 3 is 2.18 bits per heavy atom. The summed E-state index contributed by atoms with van der Waals surface area (Å²) < 4.78 is 45.1. The van der Waals surface area contributed by atoms with E-state index in [0.29, 0.717) is 19.3 Å². The Morgan fingerprint density at radius 1 is 0.911 bits per heavy atom. The van der Waals surface area contributed by atoms with E-state index < -0.39 is 40.7 Å². The van der Waals surface area contributed by atoms with Crippen molar-refractivity contribution < 1.29 is 33.3 Å². The zero-order valence-corrected chi connectivity index (χ0v) is 29.0. The Bertz CT molecular complexity index is 1230. The maximum atomic E-state index is 15.9. The molecule has 0 aromatic heterocycles. The van der Waals surface area contributed by atoms with Crippen LogP contribution in [0.4, 0.5) is 8.78 Å². The van der Waals surface area contributed by atoms with Crippen molar-refractivity contribution in [3.8, 4) is 0 Å². The van der Waals surface area contributed by atoms with Crippen molar-refractivity contribution >= 4 is 5.97 Å². The number of hydrogen-bond donors (Lipinski definition) is 3. The number of alkyl halides is 2. The topological polar surface area (TPSA) is 88.0 Å². The fourth-order valence-corrected chi connectivity index (χ4v) is 14.2. The summed E-state index contributed by atoms with van der Waals surface area (Å²) in [4.78, 5) is 13.8. The quantitative estimate of drug-likeness (QED) is 0.306. The number of rotatable bonds is 4. The predicted molar refractivity (Wildman–Crippen MR) is 167 cm³/mol. The van der Waals surface area contributed by atoms with Crippen LogP contribution >= 0.6 is 0 Å². The van der Waals surface area contributed by atoms with Gasteiger partial charge in [-0.25, -0.2) is 8.78 Å². The van der Waals surface area contributed by atoms with Crippen molar-refractivity contribution in [3.05, 3.63) is 0 Å². The van der Waals surface area contributed by atoms with E-state index in [1.165, 1.54) is 0 Å². The van der Waals surface area contributed by atoms with E-state index in [9.17, 15) is 15.0 Å². The zero-order chi connectivity index (χ0) is 32.8. The number of carbonyl (C=O) groups is 1. The van der Waals surface area contributed by atoms with E-state index in [-0.39, 0.29) is 63.8 Å². The summed E-state index contributed by atoms with van der Waals surface area (Å²) in [6.07, 6.45) is 5.01. The van der Waals surface area contributed by atoms with E-state index >= 15 is 8.78 Å². The number of carbonyl (C=O) groups excluding carboxylic acids is 1. The van der Waals surface area contributed by atoms with Gasteiger partial charge in [-0.1, -0.05) is 34.6 Å². The molecule has 7 aliphatic rings. The molecular formula is C37H59F2NO5. The number of esters is 1. The molecule has 2 spiro atoms. The first-order valence-electron chi connectivity index (χ1n) is 18.1. The van der Waals surface area contributed by atoms with Crippen LogP contribution in [0.3, 0.4) is 0 Å². The van der Waals surface area contributed by atoms with Gasteiger partial charge in [0.05, 0.1) is 29.3 Å². The third-order valence-electron chi connectivity index (χ3n) is 16.5. The molecule has 0 bridgehead atoms. The lowest BCUT2D eigenvalue weighted by Gasteiger charge is -2.65. The van der Waals surface area contributed by atoms with Crippen LogP contribution in [-0.2, 0) is 14.3 Å². The Labute approximate surface area is 269 Å². The van der Waals surface area contributed by atoms with Crippen LogP contribution in [0.5, 0.6) is 0 Å². The molecule has 0 amide bonds. The first-order valence-corrected chi connectivity index (χ1v) is 18.1. The molecule has 3 N–H and O–H groups in total. The minimum Gasteiger partial charge on any atom is -0.462 e. The third-order valence-corrected chi connectivity index (χ3v) is 16.5. The van der Waals surface area contributed by atoms with E-state index in [1.54, 1.807) is 27.7 Å². The number of piperidine rings is 1. The summed E-state index contributed by atoms with van der Waals surface area (Å²) in [5, 5.41) is 26.2. The predicted octanol–water partition coefficient (Wildman–Crippen LogP) is 6.51. The van der Waals surface area contributed by atoms with E-state index in [2.05, 4.69) is 33.0 Å². The molecule has 0 aromatic carbocycles. The molecule has 256 valence electrons. The highest BCUT2D eigenvalue weighted by molar-refractivity contribution is 5.73. The summed E-state index contributed by atoms with van der Waals surface area (Å²) in [7, 11) is 0. The molecule has 0 radical (unpaired) electrons. The Balaban J connectivity index is 1.28. The fraction of sp³-hybridized carbons (Fsp3) is 0.973. The summed E-state index contributed by atoms with van der Waals surface area (Å²) in [5.74, 6) is -3.32. The number of aliphatic hydroxyl groups is 2. The van der Waals surface area contributed by atoms with Crippen molar-refractivity contribution in [2.45, 2.75) is 155 Å². The Kier molecular flexibility index (Phi) is 7.02. The van der Waals surface area contributed by atoms with Gasteiger partial charge in [-0.05, 0) is 125 Å². The molecule has 12 atom stereocenters. The highest BCUT2D eigenvalue weighted by Crippen LogP contribution is 2.92. The van der Waals surface area contributed by atoms with Crippen LogP contribution in [0.15, 0.2) is 0 Å². The zero-order valence-electron chi connectivity index (χ0n) is 29.0. The highest BCUT2D eigenvalue weighted by Gasteiger charge is 2.90. The smallest absolute Gasteiger partial charge is 0.309 e.